The third kappa shape index (κ3) is 7.37. The number of hydrogen-bond donors (Lipinski definition) is 1. The van der Waals surface area contributed by atoms with E-state index < -0.39 is 29.1 Å². The molecule has 202 valence electrons. The van der Waals surface area contributed by atoms with Gasteiger partial charge in [0.1, 0.15) is 17.4 Å². The maximum absolute atomic E-state index is 13.2. The number of carbonyl (C=O) groups excluding carboxylic acids is 2. The molecule has 2 aromatic carbocycles. The van der Waals surface area contributed by atoms with E-state index in [1.165, 1.54) is 22.9 Å². The highest BCUT2D eigenvalue weighted by molar-refractivity contribution is 6.31. The van der Waals surface area contributed by atoms with Gasteiger partial charge in [-0.1, -0.05) is 17.7 Å². The van der Waals surface area contributed by atoms with Crippen LogP contribution in [0.1, 0.15) is 56.6 Å². The Hall–Kier alpha value is -4.35. The van der Waals surface area contributed by atoms with Crippen molar-refractivity contribution in [3.63, 3.8) is 0 Å². The maximum Gasteiger partial charge on any atom is 0.338 e. The lowest BCUT2D eigenvalue weighted by molar-refractivity contribution is -0.118. The molecule has 9 heteroatoms. The molecule has 0 saturated heterocycles. The van der Waals surface area contributed by atoms with Crippen LogP contribution in [-0.4, -0.2) is 28.1 Å². The van der Waals surface area contributed by atoms with Crippen molar-refractivity contribution in [2.45, 2.75) is 52.4 Å². The fourth-order valence-corrected chi connectivity index (χ4v) is 3.90. The highest BCUT2D eigenvalue weighted by atomic mass is 35.5. The van der Waals surface area contributed by atoms with Gasteiger partial charge in [0.25, 0.3) is 11.5 Å². The fourth-order valence-electron chi connectivity index (χ4n) is 3.73. The number of halogens is 1. The van der Waals surface area contributed by atoms with Gasteiger partial charge in [0.2, 0.25) is 0 Å². The molecular weight excluding hydrogens is 518 g/mol. The van der Waals surface area contributed by atoms with Crippen molar-refractivity contribution in [3.8, 4) is 22.9 Å². The van der Waals surface area contributed by atoms with Crippen LogP contribution in [0.3, 0.4) is 0 Å². The van der Waals surface area contributed by atoms with Gasteiger partial charge in [-0.05, 0) is 77.1 Å². The van der Waals surface area contributed by atoms with Gasteiger partial charge < -0.3 is 14.8 Å². The first-order valence-corrected chi connectivity index (χ1v) is 12.6. The number of amides is 1. The van der Waals surface area contributed by atoms with E-state index >= 15 is 0 Å². The molecule has 8 nitrogen and oxygen atoms in total. The second-order valence-electron chi connectivity index (χ2n) is 10.0. The molecule has 0 spiro atoms. The minimum absolute atomic E-state index is 0.265. The first-order valence-electron chi connectivity index (χ1n) is 12.2. The summed E-state index contributed by atoms with van der Waals surface area (Å²) in [5, 5.41) is 12.7. The Labute approximate surface area is 232 Å². The molecule has 1 atom stereocenters. The van der Waals surface area contributed by atoms with Crippen molar-refractivity contribution in [2.75, 3.05) is 5.32 Å². The lowest BCUT2D eigenvalue weighted by Gasteiger charge is -2.21. The van der Waals surface area contributed by atoms with Gasteiger partial charge in [-0.2, -0.15) is 5.26 Å². The SMILES string of the molecule is C=CC(C(=O)Nc1ccc(C(=O)OC(C)(C)C)cc1)n1cc(OC(C)C)c(-c2cc(Cl)ccc2C#N)cc1=O. The number of nitrogens with zero attached hydrogens (tertiary/aromatic N) is 2. The second kappa shape index (κ2) is 12.0. The third-order valence-electron chi connectivity index (χ3n) is 5.38. The van der Waals surface area contributed by atoms with Crippen LogP contribution in [0.2, 0.25) is 5.02 Å². The van der Waals surface area contributed by atoms with Gasteiger partial charge in [0, 0.05) is 27.9 Å². The average molecular weight is 548 g/mol. The second-order valence-corrected chi connectivity index (χ2v) is 10.5. The number of rotatable bonds is 8. The number of benzene rings is 2. The van der Waals surface area contributed by atoms with E-state index in [-0.39, 0.29) is 6.10 Å². The number of esters is 1. The molecule has 0 aliphatic heterocycles. The summed E-state index contributed by atoms with van der Waals surface area (Å²) in [6.45, 7) is 12.7. The number of nitrogens with one attached hydrogen (secondary N) is 1. The van der Waals surface area contributed by atoms with E-state index in [2.05, 4.69) is 18.0 Å². The summed E-state index contributed by atoms with van der Waals surface area (Å²) >= 11 is 6.17. The number of nitriles is 1. The van der Waals surface area contributed by atoms with Crippen LogP contribution in [0.25, 0.3) is 11.1 Å². The predicted molar refractivity (Wildman–Crippen MR) is 151 cm³/mol. The van der Waals surface area contributed by atoms with Crippen LogP contribution in [0.5, 0.6) is 5.75 Å². The summed E-state index contributed by atoms with van der Waals surface area (Å²) in [5.74, 6) is -0.710. The van der Waals surface area contributed by atoms with Gasteiger partial charge >= 0.3 is 5.97 Å². The molecule has 1 unspecified atom stereocenters. The summed E-state index contributed by atoms with van der Waals surface area (Å²) in [6, 6.07) is 13.3. The van der Waals surface area contributed by atoms with E-state index in [0.29, 0.717) is 38.7 Å². The number of hydrogen-bond acceptors (Lipinski definition) is 6. The van der Waals surface area contributed by atoms with E-state index in [1.54, 1.807) is 63.2 Å². The Kier molecular flexibility index (Phi) is 9.00. The molecule has 1 aromatic heterocycles. The lowest BCUT2D eigenvalue weighted by atomic mass is 10.00. The molecule has 0 bridgehead atoms. The fraction of sp³-hybridized carbons (Fsp3) is 0.267. The van der Waals surface area contributed by atoms with Crippen LogP contribution in [0.15, 0.2) is 72.2 Å². The predicted octanol–water partition coefficient (Wildman–Crippen LogP) is 6.15. The monoisotopic (exact) mass is 547 g/mol. The molecule has 3 aromatic rings. The Morgan fingerprint density at radius 2 is 1.77 bits per heavy atom. The molecule has 1 N–H and O–H groups in total. The third-order valence-corrected chi connectivity index (χ3v) is 5.61. The number of ether oxygens (including phenoxy) is 2. The minimum Gasteiger partial charge on any atom is -0.489 e. The van der Waals surface area contributed by atoms with Crippen molar-refractivity contribution in [1.29, 1.82) is 5.26 Å². The number of anilines is 1. The summed E-state index contributed by atoms with van der Waals surface area (Å²) < 4.78 is 12.5. The summed E-state index contributed by atoms with van der Waals surface area (Å²) in [7, 11) is 0. The van der Waals surface area contributed by atoms with Gasteiger partial charge in [-0.15, -0.1) is 6.58 Å². The van der Waals surface area contributed by atoms with E-state index in [0.717, 1.165) is 0 Å². The van der Waals surface area contributed by atoms with Gasteiger partial charge in [0.15, 0.2) is 0 Å². The van der Waals surface area contributed by atoms with Gasteiger partial charge in [-0.25, -0.2) is 4.79 Å². The molecule has 0 fully saturated rings. The van der Waals surface area contributed by atoms with Crippen LogP contribution in [0, 0.1) is 11.3 Å². The normalized spacial score (nSPS) is 11.8. The quantitative estimate of drug-likeness (QED) is 0.267. The molecule has 0 aliphatic rings. The van der Waals surface area contributed by atoms with Gasteiger partial charge in [-0.3, -0.25) is 14.2 Å². The number of pyridine rings is 1. The molecule has 0 aliphatic carbocycles. The molecule has 3 rings (SSSR count). The Balaban J connectivity index is 1.95. The first kappa shape index (κ1) is 29.2. The highest BCUT2D eigenvalue weighted by Crippen LogP contribution is 2.34. The molecular formula is C30H30ClN3O5. The van der Waals surface area contributed by atoms with Crippen LogP contribution >= 0.6 is 11.6 Å². The van der Waals surface area contributed by atoms with Gasteiger partial charge in [0.05, 0.1) is 29.5 Å². The Morgan fingerprint density at radius 1 is 1.10 bits per heavy atom. The standard InChI is InChI=1S/C30H30ClN3O5/c1-7-25(28(36)33-22-12-9-19(10-13-22)29(37)39-30(4,5)6)34-17-26(38-18(2)3)24(15-27(34)35)23-14-21(31)11-8-20(23)16-32/h7-15,17-18,25H,1H2,2-6H3,(H,33,36). The number of carbonyl (C=O) groups is 2. The van der Waals surface area contributed by atoms with Crippen molar-refractivity contribution in [2.24, 2.45) is 0 Å². The van der Waals surface area contributed by atoms with Crippen LogP contribution < -0.4 is 15.6 Å². The summed E-state index contributed by atoms with van der Waals surface area (Å²) in [4.78, 5) is 38.7. The zero-order chi connectivity index (χ0) is 28.9. The van der Waals surface area contributed by atoms with E-state index in [1.807, 2.05) is 13.8 Å². The van der Waals surface area contributed by atoms with Crippen molar-refractivity contribution in [1.82, 2.24) is 4.57 Å². The maximum atomic E-state index is 13.2. The minimum atomic E-state index is -1.08. The zero-order valence-electron chi connectivity index (χ0n) is 22.4. The Bertz CT molecular complexity index is 1490. The number of aromatic nitrogens is 1. The average Bonchev–Trinajstić information content (AvgIpc) is 2.85. The Morgan fingerprint density at radius 3 is 2.33 bits per heavy atom. The largest absolute Gasteiger partial charge is 0.489 e. The highest BCUT2D eigenvalue weighted by Gasteiger charge is 2.23. The zero-order valence-corrected chi connectivity index (χ0v) is 23.2. The van der Waals surface area contributed by atoms with E-state index in [4.69, 9.17) is 21.1 Å². The van der Waals surface area contributed by atoms with Crippen molar-refractivity contribution in [3.05, 3.63) is 93.9 Å². The molecule has 0 radical (unpaired) electrons. The molecule has 1 amide bonds. The molecule has 0 saturated carbocycles. The van der Waals surface area contributed by atoms with Crippen LogP contribution in [0.4, 0.5) is 5.69 Å². The van der Waals surface area contributed by atoms with Crippen molar-refractivity contribution < 1.29 is 19.1 Å². The molecule has 39 heavy (non-hydrogen) atoms. The van der Waals surface area contributed by atoms with Crippen molar-refractivity contribution >= 4 is 29.2 Å². The summed E-state index contributed by atoms with van der Waals surface area (Å²) in [5.41, 5.74) is 0.747. The molecule has 1 heterocycles. The lowest BCUT2D eigenvalue weighted by Crippen LogP contribution is -2.32. The van der Waals surface area contributed by atoms with E-state index in [9.17, 15) is 19.6 Å². The topological polar surface area (TPSA) is 110 Å². The smallest absolute Gasteiger partial charge is 0.338 e. The summed E-state index contributed by atoms with van der Waals surface area (Å²) in [6.07, 6.45) is 2.50. The first-order chi connectivity index (χ1) is 18.3. The van der Waals surface area contributed by atoms with Crippen LogP contribution in [-0.2, 0) is 9.53 Å².